The molecule has 0 aliphatic carbocycles. The Labute approximate surface area is 121 Å². The molecular weight excluding hydrogens is 280 g/mol. The van der Waals surface area contributed by atoms with Crippen molar-refractivity contribution in [2.24, 2.45) is 0 Å². The molecule has 116 valence electrons. The number of carbonyl (C=O) groups is 1. The molecule has 2 atom stereocenters. The van der Waals surface area contributed by atoms with E-state index < -0.39 is 29.3 Å². The van der Waals surface area contributed by atoms with Crippen molar-refractivity contribution in [1.29, 1.82) is 0 Å². The predicted octanol–water partition coefficient (Wildman–Crippen LogP) is 0.684. The number of amides is 1. The van der Waals surface area contributed by atoms with E-state index in [0.29, 0.717) is 13.0 Å². The Bertz CT molecular complexity index is 528. The van der Waals surface area contributed by atoms with Gasteiger partial charge in [-0.25, -0.2) is 8.78 Å². The number of likely N-dealkylation sites (N-methyl/N-ethyl adjacent to an activating group) is 1. The Morgan fingerprint density at radius 2 is 2.00 bits per heavy atom. The maximum Gasteiger partial charge on any atom is 0.254 e. The number of hydrogen-bond acceptors (Lipinski definition) is 4. The van der Waals surface area contributed by atoms with Gasteiger partial charge < -0.3 is 20.6 Å². The molecular formula is C14H19F2N3O2. The third-order valence-electron chi connectivity index (χ3n) is 3.56. The van der Waals surface area contributed by atoms with Gasteiger partial charge in [0, 0.05) is 24.7 Å². The van der Waals surface area contributed by atoms with Crippen LogP contribution in [-0.4, -0.2) is 60.1 Å². The van der Waals surface area contributed by atoms with Crippen LogP contribution in [0.5, 0.6) is 0 Å². The van der Waals surface area contributed by atoms with Gasteiger partial charge in [-0.05, 0) is 32.6 Å². The Hall–Kier alpha value is -1.73. The summed E-state index contributed by atoms with van der Waals surface area (Å²) in [6.45, 7) is 0.730. The number of likely N-dealkylation sites (tertiary alicyclic amines) is 1. The van der Waals surface area contributed by atoms with Crippen LogP contribution in [0.15, 0.2) is 12.1 Å². The molecule has 1 aliphatic heterocycles. The number of aliphatic hydroxyl groups is 1. The smallest absolute Gasteiger partial charge is 0.254 e. The molecule has 1 fully saturated rings. The van der Waals surface area contributed by atoms with Crippen LogP contribution in [0.25, 0.3) is 0 Å². The number of carbonyl (C=O) groups excluding carboxylic acids is 1. The minimum atomic E-state index is -0.956. The van der Waals surface area contributed by atoms with Crippen LogP contribution in [0.3, 0.4) is 0 Å². The largest absolute Gasteiger partial charge is 0.394 e. The molecule has 1 heterocycles. The first kappa shape index (κ1) is 15.7. The number of aliphatic hydroxyl groups excluding tert-OH is 1. The summed E-state index contributed by atoms with van der Waals surface area (Å²) < 4.78 is 27.0. The number of rotatable bonds is 3. The molecule has 0 aromatic heterocycles. The number of halogens is 2. The van der Waals surface area contributed by atoms with Gasteiger partial charge >= 0.3 is 0 Å². The van der Waals surface area contributed by atoms with E-state index in [1.165, 1.54) is 4.90 Å². The first-order valence-corrected chi connectivity index (χ1v) is 6.68. The molecule has 2 rings (SSSR count). The van der Waals surface area contributed by atoms with E-state index >= 15 is 0 Å². The van der Waals surface area contributed by atoms with Crippen molar-refractivity contribution in [2.75, 3.05) is 32.9 Å². The number of benzene rings is 1. The zero-order chi connectivity index (χ0) is 15.7. The Morgan fingerprint density at radius 1 is 1.43 bits per heavy atom. The zero-order valence-electron chi connectivity index (χ0n) is 12.0. The molecule has 1 aliphatic rings. The van der Waals surface area contributed by atoms with Gasteiger partial charge in [0.05, 0.1) is 6.10 Å². The minimum absolute atomic E-state index is 0.0999. The number of hydrogen-bond donors (Lipinski definition) is 2. The van der Waals surface area contributed by atoms with Crippen molar-refractivity contribution in [3.8, 4) is 0 Å². The van der Waals surface area contributed by atoms with E-state index in [2.05, 4.69) is 0 Å². The van der Waals surface area contributed by atoms with Gasteiger partial charge in [-0.3, -0.25) is 4.79 Å². The van der Waals surface area contributed by atoms with Crippen molar-refractivity contribution in [1.82, 2.24) is 9.80 Å². The van der Waals surface area contributed by atoms with E-state index in [4.69, 9.17) is 5.73 Å². The molecule has 3 N–H and O–H groups in total. The highest BCUT2D eigenvalue weighted by Gasteiger charge is 2.35. The molecule has 0 bridgehead atoms. The third kappa shape index (κ3) is 3.30. The summed E-state index contributed by atoms with van der Waals surface area (Å²) in [5, 5.41) is 9.75. The summed E-state index contributed by atoms with van der Waals surface area (Å²) in [7, 11) is 3.71. The first-order valence-electron chi connectivity index (χ1n) is 6.68. The lowest BCUT2D eigenvalue weighted by Crippen LogP contribution is -2.41. The average molecular weight is 299 g/mol. The van der Waals surface area contributed by atoms with Crippen molar-refractivity contribution >= 4 is 11.6 Å². The van der Waals surface area contributed by atoms with Crippen molar-refractivity contribution in [3.05, 3.63) is 29.3 Å². The standard InChI is InChI=1S/C14H19F2N3O2/c1-18(2)6-9-5-10(20)7-19(9)14(21)8-3-11(15)13(17)12(16)4-8/h3-4,9-10,20H,5-7,17H2,1-2H3. The van der Waals surface area contributed by atoms with Crippen molar-refractivity contribution in [3.63, 3.8) is 0 Å². The van der Waals surface area contributed by atoms with Crippen molar-refractivity contribution in [2.45, 2.75) is 18.6 Å². The lowest BCUT2D eigenvalue weighted by Gasteiger charge is -2.27. The second kappa shape index (κ2) is 5.95. The number of nitrogens with two attached hydrogens (primary N) is 1. The maximum atomic E-state index is 13.5. The van der Waals surface area contributed by atoms with Crippen LogP contribution in [0.4, 0.5) is 14.5 Å². The molecule has 0 spiro atoms. The molecule has 21 heavy (non-hydrogen) atoms. The average Bonchev–Trinajstić information content (AvgIpc) is 2.74. The zero-order valence-corrected chi connectivity index (χ0v) is 12.0. The van der Waals surface area contributed by atoms with Crippen molar-refractivity contribution < 1.29 is 18.7 Å². The molecule has 1 aromatic rings. The van der Waals surface area contributed by atoms with Gasteiger partial charge in [0.25, 0.3) is 5.91 Å². The molecule has 1 saturated heterocycles. The van der Waals surface area contributed by atoms with E-state index in [1.807, 2.05) is 19.0 Å². The van der Waals surface area contributed by atoms with E-state index in [-0.39, 0.29) is 18.2 Å². The molecule has 0 radical (unpaired) electrons. The van der Waals surface area contributed by atoms with Crippen LogP contribution in [0.2, 0.25) is 0 Å². The van der Waals surface area contributed by atoms with Crippen LogP contribution >= 0.6 is 0 Å². The molecule has 2 unspecified atom stereocenters. The van der Waals surface area contributed by atoms with E-state index in [1.54, 1.807) is 0 Å². The fraction of sp³-hybridized carbons (Fsp3) is 0.500. The highest BCUT2D eigenvalue weighted by Crippen LogP contribution is 2.24. The number of anilines is 1. The summed E-state index contributed by atoms with van der Waals surface area (Å²) in [5.41, 5.74) is 4.50. The third-order valence-corrected chi connectivity index (χ3v) is 3.56. The summed E-state index contributed by atoms with van der Waals surface area (Å²) in [4.78, 5) is 15.8. The van der Waals surface area contributed by atoms with Crippen LogP contribution in [0.1, 0.15) is 16.8 Å². The molecule has 5 nitrogen and oxygen atoms in total. The fourth-order valence-electron chi connectivity index (χ4n) is 2.61. The van der Waals surface area contributed by atoms with Gasteiger partial charge in [0.15, 0.2) is 0 Å². The first-order chi connectivity index (χ1) is 9.79. The van der Waals surface area contributed by atoms with Crippen LogP contribution in [0, 0.1) is 11.6 Å². The number of nitrogen functional groups attached to an aromatic ring is 1. The number of β-amino-alcohol motifs (C(OH)–C–C–N with tert-alkyl or cyclic N) is 1. The molecule has 0 saturated carbocycles. The fourth-order valence-corrected chi connectivity index (χ4v) is 2.61. The second-order valence-electron chi connectivity index (χ2n) is 5.62. The molecule has 1 amide bonds. The van der Waals surface area contributed by atoms with Gasteiger partial charge in [-0.2, -0.15) is 0 Å². The van der Waals surface area contributed by atoms with Gasteiger partial charge in [0.1, 0.15) is 17.3 Å². The molecule has 1 aromatic carbocycles. The van der Waals surface area contributed by atoms with E-state index in [0.717, 1.165) is 12.1 Å². The summed E-state index contributed by atoms with van der Waals surface area (Å²) in [5.74, 6) is -2.42. The maximum absolute atomic E-state index is 13.5. The van der Waals surface area contributed by atoms with Gasteiger partial charge in [-0.15, -0.1) is 0 Å². The van der Waals surface area contributed by atoms with Gasteiger partial charge in [0.2, 0.25) is 0 Å². The molecule has 7 heteroatoms. The summed E-state index contributed by atoms with van der Waals surface area (Å²) in [6.07, 6.45) is -0.175. The monoisotopic (exact) mass is 299 g/mol. The Kier molecular flexibility index (Phi) is 4.43. The second-order valence-corrected chi connectivity index (χ2v) is 5.62. The van der Waals surface area contributed by atoms with Gasteiger partial charge in [-0.1, -0.05) is 0 Å². The predicted molar refractivity (Wildman–Crippen MR) is 74.8 cm³/mol. The quantitative estimate of drug-likeness (QED) is 0.806. The summed E-state index contributed by atoms with van der Waals surface area (Å²) >= 11 is 0. The SMILES string of the molecule is CN(C)CC1CC(O)CN1C(=O)c1cc(F)c(N)c(F)c1. The van der Waals surface area contributed by atoms with E-state index in [9.17, 15) is 18.7 Å². The summed E-state index contributed by atoms with van der Waals surface area (Å²) in [6, 6.07) is 1.67. The number of nitrogens with zero attached hydrogens (tertiary/aromatic N) is 2. The van der Waals surface area contributed by atoms with Crippen LogP contribution in [-0.2, 0) is 0 Å². The Morgan fingerprint density at radius 3 is 2.52 bits per heavy atom. The topological polar surface area (TPSA) is 69.8 Å². The normalized spacial score (nSPS) is 22.1. The minimum Gasteiger partial charge on any atom is -0.394 e. The highest BCUT2D eigenvalue weighted by atomic mass is 19.1. The lowest BCUT2D eigenvalue weighted by molar-refractivity contribution is 0.0698. The highest BCUT2D eigenvalue weighted by molar-refractivity contribution is 5.95. The van der Waals surface area contributed by atoms with Crippen LogP contribution < -0.4 is 5.73 Å². The Balaban J connectivity index is 2.26. The lowest BCUT2D eigenvalue weighted by atomic mass is 10.1.